The fraction of sp³-hybridized carbons (Fsp3) is 0.333. The summed E-state index contributed by atoms with van der Waals surface area (Å²) >= 11 is 5.90. The second-order valence-electron chi connectivity index (χ2n) is 6.74. The molecule has 1 aliphatic rings. The summed E-state index contributed by atoms with van der Waals surface area (Å²) in [6, 6.07) is 14.6. The fourth-order valence-corrected chi connectivity index (χ4v) is 3.39. The normalized spacial score (nSPS) is 14.8. The Balaban J connectivity index is 1.63. The van der Waals surface area contributed by atoms with Crippen LogP contribution in [0.4, 0.5) is 0 Å². The number of amides is 1. The van der Waals surface area contributed by atoms with Crippen LogP contribution >= 0.6 is 11.6 Å². The van der Waals surface area contributed by atoms with E-state index < -0.39 is 5.97 Å². The number of carbonyl (C=O) groups is 2. The number of hydrogen-bond acceptors (Lipinski definition) is 3. The van der Waals surface area contributed by atoms with Crippen molar-refractivity contribution in [3.63, 3.8) is 0 Å². The fourth-order valence-electron chi connectivity index (χ4n) is 3.27. The molecular formula is C21H22ClNO4. The van der Waals surface area contributed by atoms with Gasteiger partial charge in [-0.1, -0.05) is 35.9 Å². The number of nitrogens with zero attached hydrogens (tertiary/aromatic N) is 1. The van der Waals surface area contributed by atoms with E-state index in [0.29, 0.717) is 48.9 Å². The lowest BCUT2D eigenvalue weighted by molar-refractivity contribution is -0.138. The highest BCUT2D eigenvalue weighted by Gasteiger charge is 2.26. The molecule has 142 valence electrons. The van der Waals surface area contributed by atoms with Crippen molar-refractivity contribution in [2.75, 3.05) is 13.1 Å². The molecule has 0 bridgehead atoms. The predicted molar refractivity (Wildman–Crippen MR) is 103 cm³/mol. The van der Waals surface area contributed by atoms with E-state index in [-0.39, 0.29) is 18.2 Å². The van der Waals surface area contributed by atoms with Gasteiger partial charge in [-0.3, -0.25) is 9.59 Å². The van der Waals surface area contributed by atoms with Gasteiger partial charge in [0.1, 0.15) is 12.4 Å². The van der Waals surface area contributed by atoms with Gasteiger partial charge < -0.3 is 14.7 Å². The quantitative estimate of drug-likeness (QED) is 0.804. The van der Waals surface area contributed by atoms with Crippen LogP contribution in [-0.2, 0) is 11.4 Å². The van der Waals surface area contributed by atoms with Gasteiger partial charge in [0.25, 0.3) is 5.91 Å². The molecule has 27 heavy (non-hydrogen) atoms. The Morgan fingerprint density at radius 3 is 2.41 bits per heavy atom. The number of ether oxygens (including phenoxy) is 1. The van der Waals surface area contributed by atoms with Crippen LogP contribution in [0.2, 0.25) is 5.02 Å². The van der Waals surface area contributed by atoms with Crippen LogP contribution in [0.5, 0.6) is 5.75 Å². The van der Waals surface area contributed by atoms with Crippen LogP contribution in [0.25, 0.3) is 0 Å². The van der Waals surface area contributed by atoms with Crippen molar-refractivity contribution in [1.29, 1.82) is 0 Å². The third-order valence-corrected chi connectivity index (χ3v) is 5.04. The zero-order chi connectivity index (χ0) is 19.2. The minimum Gasteiger partial charge on any atom is -0.488 e. The van der Waals surface area contributed by atoms with E-state index in [1.807, 2.05) is 24.3 Å². The third-order valence-electron chi connectivity index (χ3n) is 4.79. The van der Waals surface area contributed by atoms with Gasteiger partial charge in [0, 0.05) is 24.5 Å². The summed E-state index contributed by atoms with van der Waals surface area (Å²) in [6.45, 7) is 1.49. The maximum absolute atomic E-state index is 12.9. The van der Waals surface area contributed by atoms with Crippen molar-refractivity contribution < 1.29 is 19.4 Å². The first-order valence-electron chi connectivity index (χ1n) is 9.00. The number of likely N-dealkylation sites (tertiary alicyclic amines) is 1. The summed E-state index contributed by atoms with van der Waals surface area (Å²) in [7, 11) is 0. The van der Waals surface area contributed by atoms with Gasteiger partial charge in [0.2, 0.25) is 0 Å². The van der Waals surface area contributed by atoms with Crippen LogP contribution in [0.3, 0.4) is 0 Å². The Kier molecular flexibility index (Phi) is 6.35. The van der Waals surface area contributed by atoms with Crippen molar-refractivity contribution >= 4 is 23.5 Å². The summed E-state index contributed by atoms with van der Waals surface area (Å²) in [5.41, 5.74) is 1.50. The molecule has 5 nitrogen and oxygen atoms in total. The number of hydrogen-bond donors (Lipinski definition) is 1. The lowest BCUT2D eigenvalue weighted by Gasteiger charge is -2.31. The lowest BCUT2D eigenvalue weighted by Crippen LogP contribution is -2.39. The van der Waals surface area contributed by atoms with Crippen molar-refractivity contribution in [3.05, 3.63) is 64.7 Å². The van der Waals surface area contributed by atoms with Gasteiger partial charge in [-0.25, -0.2) is 0 Å². The van der Waals surface area contributed by atoms with Crippen LogP contribution in [-0.4, -0.2) is 35.0 Å². The van der Waals surface area contributed by atoms with E-state index in [4.69, 9.17) is 21.4 Å². The van der Waals surface area contributed by atoms with E-state index in [9.17, 15) is 9.59 Å². The first-order valence-corrected chi connectivity index (χ1v) is 9.38. The molecule has 1 saturated heterocycles. The van der Waals surface area contributed by atoms with Crippen molar-refractivity contribution in [2.24, 2.45) is 5.92 Å². The van der Waals surface area contributed by atoms with E-state index in [0.717, 1.165) is 5.56 Å². The molecule has 3 rings (SSSR count). The zero-order valence-corrected chi connectivity index (χ0v) is 15.7. The number of halogens is 1. The summed E-state index contributed by atoms with van der Waals surface area (Å²) in [5, 5.41) is 9.59. The Morgan fingerprint density at radius 2 is 1.74 bits per heavy atom. The summed E-state index contributed by atoms with van der Waals surface area (Å²) < 4.78 is 5.88. The topological polar surface area (TPSA) is 66.8 Å². The highest BCUT2D eigenvalue weighted by atomic mass is 35.5. The number of para-hydroxylation sites is 1. The average molecular weight is 388 g/mol. The molecule has 1 N–H and O–H groups in total. The number of rotatable bonds is 6. The second-order valence-corrected chi connectivity index (χ2v) is 7.18. The van der Waals surface area contributed by atoms with Gasteiger partial charge in [-0.2, -0.15) is 0 Å². The smallest absolute Gasteiger partial charge is 0.303 e. The highest BCUT2D eigenvalue weighted by Crippen LogP contribution is 2.26. The Labute approximate surface area is 163 Å². The number of benzene rings is 2. The van der Waals surface area contributed by atoms with E-state index in [2.05, 4.69) is 0 Å². The highest BCUT2D eigenvalue weighted by molar-refractivity contribution is 6.30. The molecule has 1 fully saturated rings. The molecule has 6 heteroatoms. The van der Waals surface area contributed by atoms with Crippen molar-refractivity contribution in [2.45, 2.75) is 25.9 Å². The number of carboxylic acids is 1. The molecule has 1 heterocycles. The van der Waals surface area contributed by atoms with Gasteiger partial charge in [0.15, 0.2) is 0 Å². The number of aliphatic carboxylic acids is 1. The molecule has 1 amide bonds. The van der Waals surface area contributed by atoms with E-state index >= 15 is 0 Å². The maximum Gasteiger partial charge on any atom is 0.303 e. The van der Waals surface area contributed by atoms with Crippen LogP contribution in [0, 0.1) is 5.92 Å². The van der Waals surface area contributed by atoms with E-state index in [1.165, 1.54) is 0 Å². The SMILES string of the molecule is O=C(O)CC1CCN(C(=O)c2ccccc2OCc2ccc(Cl)cc2)CC1. The second kappa shape index (κ2) is 8.91. The van der Waals surface area contributed by atoms with Gasteiger partial charge in [-0.15, -0.1) is 0 Å². The molecule has 0 aliphatic carbocycles. The minimum atomic E-state index is -0.777. The summed E-state index contributed by atoms with van der Waals surface area (Å²) in [5.74, 6) is -0.163. The maximum atomic E-state index is 12.9. The number of carboxylic acid groups (broad SMARTS) is 1. The molecular weight excluding hydrogens is 366 g/mol. The number of piperidine rings is 1. The van der Waals surface area contributed by atoms with Gasteiger partial charge in [0.05, 0.1) is 5.56 Å². The molecule has 0 unspecified atom stereocenters. The molecule has 0 saturated carbocycles. The molecule has 1 aliphatic heterocycles. The Morgan fingerprint density at radius 1 is 1.07 bits per heavy atom. The predicted octanol–water partition coefficient (Wildman–Crippen LogP) is 4.25. The minimum absolute atomic E-state index is 0.0736. The van der Waals surface area contributed by atoms with Crippen molar-refractivity contribution in [3.8, 4) is 5.75 Å². The molecule has 0 aromatic heterocycles. The van der Waals surface area contributed by atoms with Crippen LogP contribution in [0.15, 0.2) is 48.5 Å². The van der Waals surface area contributed by atoms with E-state index in [1.54, 1.807) is 29.2 Å². The third kappa shape index (κ3) is 5.23. The zero-order valence-electron chi connectivity index (χ0n) is 14.9. The molecule has 0 atom stereocenters. The Bertz CT molecular complexity index is 798. The number of carbonyl (C=O) groups excluding carboxylic acids is 1. The Hall–Kier alpha value is -2.53. The monoisotopic (exact) mass is 387 g/mol. The average Bonchev–Trinajstić information content (AvgIpc) is 2.67. The lowest BCUT2D eigenvalue weighted by atomic mass is 9.93. The molecule has 2 aromatic rings. The summed E-state index contributed by atoms with van der Waals surface area (Å²) in [6.07, 6.45) is 1.60. The van der Waals surface area contributed by atoms with Crippen molar-refractivity contribution in [1.82, 2.24) is 4.90 Å². The molecule has 0 spiro atoms. The molecule has 0 radical (unpaired) electrons. The van der Waals surface area contributed by atoms with Gasteiger partial charge in [-0.05, 0) is 48.6 Å². The largest absolute Gasteiger partial charge is 0.488 e. The standard InChI is InChI=1S/C21H22ClNO4/c22-17-7-5-16(6-8-17)14-27-19-4-2-1-3-18(19)21(26)23-11-9-15(10-12-23)13-20(24)25/h1-8,15H,9-14H2,(H,24,25). The molecule has 2 aromatic carbocycles. The van der Waals surface area contributed by atoms with Crippen LogP contribution in [0.1, 0.15) is 35.2 Å². The van der Waals surface area contributed by atoms with Gasteiger partial charge >= 0.3 is 5.97 Å². The first kappa shape index (κ1) is 19.2. The first-order chi connectivity index (χ1) is 13.0. The van der Waals surface area contributed by atoms with Crippen LogP contribution < -0.4 is 4.74 Å². The summed E-state index contributed by atoms with van der Waals surface area (Å²) in [4.78, 5) is 25.6.